The van der Waals surface area contributed by atoms with Gasteiger partial charge in [0, 0.05) is 28.4 Å². The molecule has 0 amide bonds. The molecule has 10 aromatic rings. The molecule has 0 N–H and O–H groups in total. The van der Waals surface area contributed by atoms with E-state index in [2.05, 4.69) is 205 Å². The summed E-state index contributed by atoms with van der Waals surface area (Å²) in [6.45, 7) is 0. The van der Waals surface area contributed by atoms with Crippen molar-refractivity contribution < 1.29 is 9.15 Å². The molecule has 3 heteroatoms. The smallest absolute Gasteiger partial charge is 0.178 e. The second-order valence-corrected chi connectivity index (χ2v) is 15.2. The first-order chi connectivity index (χ1) is 28.8. The summed E-state index contributed by atoms with van der Waals surface area (Å²) < 4.78 is 14.1. The van der Waals surface area contributed by atoms with Crippen molar-refractivity contribution in [2.45, 2.75) is 5.41 Å². The SMILES string of the molecule is c1ccc(-c2ccc(N(c3ccc4c(c3)Oc3c(oc5ccccc35)C43c4ccccc4-c4ccccc43)c3ccc(-c4ccccc4)c4ccccc34)cc2)cc1. The summed E-state index contributed by atoms with van der Waals surface area (Å²) in [5.41, 5.74) is 13.9. The standard InChI is InChI=1S/C55H35NO2/c1-3-15-36(16-4-1)37-27-29-39(30-28-37)56(50-34-32-41(38-17-5-2-6-18-38)42-19-7-8-22-45(42)50)40-31-33-49-52(35-40)57-53-46-23-11-14-26-51(46)58-54(53)55(49)47-24-12-9-20-43(47)44-21-10-13-25-48(44)55/h1-35H. The zero-order valence-corrected chi connectivity index (χ0v) is 31.5. The number of hydrogen-bond donors (Lipinski definition) is 0. The van der Waals surface area contributed by atoms with Gasteiger partial charge in [0.25, 0.3) is 0 Å². The maximum atomic E-state index is 7.13. The summed E-state index contributed by atoms with van der Waals surface area (Å²) in [5.74, 6) is 2.39. The molecule has 0 radical (unpaired) electrons. The lowest BCUT2D eigenvalue weighted by Gasteiger charge is -2.37. The van der Waals surface area contributed by atoms with Crippen LogP contribution in [0.2, 0.25) is 0 Å². The van der Waals surface area contributed by atoms with Gasteiger partial charge in [-0.2, -0.15) is 0 Å². The topological polar surface area (TPSA) is 25.6 Å². The highest BCUT2D eigenvalue weighted by Gasteiger charge is 2.54. The number of fused-ring (bicyclic) bond motifs is 12. The zero-order chi connectivity index (χ0) is 38.2. The zero-order valence-electron chi connectivity index (χ0n) is 31.5. The number of benzene rings is 9. The molecule has 12 rings (SSSR count). The lowest BCUT2D eigenvalue weighted by atomic mass is 9.69. The van der Waals surface area contributed by atoms with Crippen LogP contribution in [0.3, 0.4) is 0 Å². The minimum atomic E-state index is -0.708. The van der Waals surface area contributed by atoms with E-state index in [0.29, 0.717) is 0 Å². The number of nitrogens with zero attached hydrogens (tertiary/aromatic N) is 1. The van der Waals surface area contributed by atoms with Gasteiger partial charge >= 0.3 is 0 Å². The van der Waals surface area contributed by atoms with Crippen molar-refractivity contribution >= 4 is 38.8 Å². The minimum Gasteiger partial charge on any atom is -0.455 e. The average Bonchev–Trinajstić information content (AvgIpc) is 3.81. The predicted molar refractivity (Wildman–Crippen MR) is 237 cm³/mol. The quantitative estimate of drug-likeness (QED) is 0.176. The maximum absolute atomic E-state index is 7.13. The van der Waals surface area contributed by atoms with E-state index in [1.54, 1.807) is 0 Å². The largest absolute Gasteiger partial charge is 0.455 e. The van der Waals surface area contributed by atoms with E-state index in [4.69, 9.17) is 9.15 Å². The molecule has 0 atom stereocenters. The first kappa shape index (κ1) is 32.6. The first-order valence-electron chi connectivity index (χ1n) is 19.8. The van der Waals surface area contributed by atoms with Crippen LogP contribution in [-0.2, 0) is 5.41 Å². The summed E-state index contributed by atoms with van der Waals surface area (Å²) in [7, 11) is 0. The van der Waals surface area contributed by atoms with Gasteiger partial charge in [0.2, 0.25) is 0 Å². The molecular weight excluding hydrogens is 707 g/mol. The molecule has 0 saturated heterocycles. The van der Waals surface area contributed by atoms with Gasteiger partial charge in [-0.05, 0) is 86.3 Å². The van der Waals surface area contributed by atoms with Gasteiger partial charge in [0.1, 0.15) is 16.7 Å². The Labute approximate surface area is 336 Å². The number of furan rings is 1. The maximum Gasteiger partial charge on any atom is 0.178 e. The van der Waals surface area contributed by atoms with Crippen molar-refractivity contribution in [2.75, 3.05) is 4.90 Å². The highest BCUT2D eigenvalue weighted by molar-refractivity contribution is 6.06. The minimum absolute atomic E-state index is 0.708. The van der Waals surface area contributed by atoms with Crippen molar-refractivity contribution in [1.82, 2.24) is 0 Å². The molecule has 9 aromatic carbocycles. The van der Waals surface area contributed by atoms with E-state index in [-0.39, 0.29) is 0 Å². The van der Waals surface area contributed by atoms with Crippen LogP contribution >= 0.6 is 0 Å². The molecule has 1 spiro atoms. The van der Waals surface area contributed by atoms with Gasteiger partial charge < -0.3 is 14.1 Å². The van der Waals surface area contributed by atoms with E-state index in [1.807, 2.05) is 12.1 Å². The second kappa shape index (κ2) is 12.7. The Morgan fingerprint density at radius 1 is 0.379 bits per heavy atom. The molecule has 0 saturated carbocycles. The van der Waals surface area contributed by atoms with Crippen LogP contribution in [0.5, 0.6) is 11.5 Å². The molecule has 2 heterocycles. The highest BCUT2D eigenvalue weighted by Crippen LogP contribution is 2.64. The Morgan fingerprint density at radius 3 is 1.67 bits per heavy atom. The van der Waals surface area contributed by atoms with Crippen LogP contribution in [0.4, 0.5) is 17.1 Å². The van der Waals surface area contributed by atoms with Crippen molar-refractivity contribution in [2.24, 2.45) is 0 Å². The lowest BCUT2D eigenvalue weighted by Crippen LogP contribution is -2.31. The number of anilines is 3. The monoisotopic (exact) mass is 741 g/mol. The van der Waals surface area contributed by atoms with Gasteiger partial charge in [-0.15, -0.1) is 0 Å². The summed E-state index contributed by atoms with van der Waals surface area (Å²) in [5, 5.41) is 3.32. The fraction of sp³-hybridized carbons (Fsp3) is 0.0182. The third-order valence-electron chi connectivity index (χ3n) is 12.1. The molecule has 1 aliphatic heterocycles. The molecule has 0 fully saturated rings. The normalized spacial score (nSPS) is 13.1. The summed E-state index contributed by atoms with van der Waals surface area (Å²) in [6, 6.07) is 75.9. The van der Waals surface area contributed by atoms with Gasteiger partial charge in [0.15, 0.2) is 11.5 Å². The molecule has 2 aliphatic rings. The fourth-order valence-electron chi connectivity index (χ4n) is 9.62. The molecular formula is C55H35NO2. The number of ether oxygens (including phenoxy) is 1. The van der Waals surface area contributed by atoms with Gasteiger partial charge in [-0.3, -0.25) is 0 Å². The van der Waals surface area contributed by atoms with Crippen LogP contribution in [0.1, 0.15) is 22.5 Å². The van der Waals surface area contributed by atoms with Crippen LogP contribution in [0.15, 0.2) is 217 Å². The molecule has 1 aromatic heterocycles. The van der Waals surface area contributed by atoms with E-state index in [9.17, 15) is 0 Å². The van der Waals surface area contributed by atoms with Gasteiger partial charge in [0.05, 0.1) is 11.1 Å². The van der Waals surface area contributed by atoms with Crippen LogP contribution in [-0.4, -0.2) is 0 Å². The Hall–Kier alpha value is -7.62. The summed E-state index contributed by atoms with van der Waals surface area (Å²) >= 11 is 0. The third-order valence-corrected chi connectivity index (χ3v) is 12.1. The van der Waals surface area contributed by atoms with Crippen molar-refractivity contribution in [1.29, 1.82) is 0 Å². The Bertz CT molecular complexity index is 3150. The predicted octanol–water partition coefficient (Wildman–Crippen LogP) is 14.9. The molecule has 0 bridgehead atoms. The van der Waals surface area contributed by atoms with Crippen LogP contribution in [0.25, 0.3) is 55.1 Å². The first-order valence-corrected chi connectivity index (χ1v) is 19.8. The molecule has 58 heavy (non-hydrogen) atoms. The molecule has 3 nitrogen and oxygen atoms in total. The van der Waals surface area contributed by atoms with Crippen molar-refractivity contribution in [3.05, 3.63) is 235 Å². The third kappa shape index (κ3) is 4.68. The summed E-state index contributed by atoms with van der Waals surface area (Å²) in [4.78, 5) is 2.38. The van der Waals surface area contributed by atoms with Crippen LogP contribution < -0.4 is 9.64 Å². The van der Waals surface area contributed by atoms with Gasteiger partial charge in [-0.1, -0.05) is 170 Å². The van der Waals surface area contributed by atoms with E-state index >= 15 is 0 Å². The van der Waals surface area contributed by atoms with Crippen molar-refractivity contribution in [3.63, 3.8) is 0 Å². The lowest BCUT2D eigenvalue weighted by molar-refractivity contribution is 0.389. The highest BCUT2D eigenvalue weighted by atomic mass is 16.5. The van der Waals surface area contributed by atoms with E-state index in [0.717, 1.165) is 56.2 Å². The fourth-order valence-corrected chi connectivity index (χ4v) is 9.62. The molecule has 1 aliphatic carbocycles. The average molecular weight is 742 g/mol. The van der Waals surface area contributed by atoms with E-state index < -0.39 is 5.41 Å². The van der Waals surface area contributed by atoms with Crippen molar-refractivity contribution in [3.8, 4) is 44.9 Å². The number of hydrogen-bond acceptors (Lipinski definition) is 3. The molecule has 272 valence electrons. The Kier molecular flexibility index (Phi) is 7.14. The van der Waals surface area contributed by atoms with E-state index in [1.165, 1.54) is 49.9 Å². The van der Waals surface area contributed by atoms with Gasteiger partial charge in [-0.25, -0.2) is 0 Å². The summed E-state index contributed by atoms with van der Waals surface area (Å²) in [6.07, 6.45) is 0. The number of para-hydroxylation sites is 1. The number of rotatable bonds is 5. The van der Waals surface area contributed by atoms with Crippen LogP contribution in [0, 0.1) is 0 Å². The Balaban J connectivity index is 1.11. The molecule has 0 unspecified atom stereocenters. The second-order valence-electron chi connectivity index (χ2n) is 15.2. The Morgan fingerprint density at radius 2 is 0.948 bits per heavy atom.